The van der Waals surface area contributed by atoms with Crippen molar-refractivity contribution in [1.29, 1.82) is 0 Å². The highest BCUT2D eigenvalue weighted by atomic mass is 79.9. The highest BCUT2D eigenvalue weighted by Gasteiger charge is 2.35. The van der Waals surface area contributed by atoms with Gasteiger partial charge >= 0.3 is 6.09 Å². The highest BCUT2D eigenvalue weighted by Crippen LogP contribution is 2.25. The van der Waals surface area contributed by atoms with Crippen LogP contribution in [0.5, 0.6) is 0 Å². The first-order valence-corrected chi connectivity index (χ1v) is 9.38. The molecule has 0 radical (unpaired) electrons. The first-order valence-electron chi connectivity index (χ1n) is 8.58. The summed E-state index contributed by atoms with van der Waals surface area (Å²) in [6.07, 6.45) is 0.130. The maximum atomic E-state index is 13.1. The number of ether oxygens (including phenoxy) is 1. The summed E-state index contributed by atoms with van der Waals surface area (Å²) in [5.74, 6) is 0.301. The van der Waals surface area contributed by atoms with E-state index in [0.717, 1.165) is 0 Å². The van der Waals surface area contributed by atoms with E-state index in [-0.39, 0.29) is 5.56 Å². The van der Waals surface area contributed by atoms with Gasteiger partial charge in [-0.15, -0.1) is 0 Å². The Balaban J connectivity index is 2.08. The number of H-pyrrole nitrogens is 1. The van der Waals surface area contributed by atoms with Crippen LogP contribution in [0.3, 0.4) is 0 Å². The summed E-state index contributed by atoms with van der Waals surface area (Å²) in [6, 6.07) is -0.451. The van der Waals surface area contributed by atoms with Gasteiger partial charge in [0, 0.05) is 19.6 Å². The lowest BCUT2D eigenvalue weighted by Crippen LogP contribution is -2.52. The zero-order valence-electron chi connectivity index (χ0n) is 15.3. The van der Waals surface area contributed by atoms with E-state index >= 15 is 0 Å². The molecule has 3 heterocycles. The number of aromatic nitrogens is 4. The van der Waals surface area contributed by atoms with E-state index in [1.54, 1.807) is 4.90 Å². The molecule has 1 amide bonds. The number of amides is 1. The van der Waals surface area contributed by atoms with Crippen LogP contribution in [0.4, 0.5) is 4.79 Å². The first kappa shape index (κ1) is 18.8. The fourth-order valence-electron chi connectivity index (χ4n) is 3.05. The summed E-state index contributed by atoms with van der Waals surface area (Å²) >= 11 is 3.23. The van der Waals surface area contributed by atoms with Gasteiger partial charge in [0.1, 0.15) is 5.60 Å². The molecule has 26 heavy (non-hydrogen) atoms. The van der Waals surface area contributed by atoms with Crippen LogP contribution in [-0.2, 0) is 11.2 Å². The van der Waals surface area contributed by atoms with Crippen molar-refractivity contribution < 1.29 is 9.53 Å². The highest BCUT2D eigenvalue weighted by molar-refractivity contribution is 9.10. The third-order valence-electron chi connectivity index (χ3n) is 4.12. The van der Waals surface area contributed by atoms with Gasteiger partial charge in [0.25, 0.3) is 11.3 Å². The zero-order valence-corrected chi connectivity index (χ0v) is 16.9. The zero-order chi connectivity index (χ0) is 19.1. The molecule has 2 aromatic heterocycles. The van der Waals surface area contributed by atoms with E-state index < -0.39 is 17.7 Å². The van der Waals surface area contributed by atoms with Gasteiger partial charge in [-0.05, 0) is 43.1 Å². The molecule has 0 bridgehead atoms. The van der Waals surface area contributed by atoms with Crippen molar-refractivity contribution in [3.8, 4) is 0 Å². The van der Waals surface area contributed by atoms with Crippen LogP contribution in [0, 0.1) is 0 Å². The second-order valence-electron chi connectivity index (χ2n) is 7.17. The van der Waals surface area contributed by atoms with E-state index in [0.29, 0.717) is 47.8 Å². The number of fused-ring (bicyclic) bond motifs is 1. The molecule has 1 fully saturated rings. The smallest absolute Gasteiger partial charge is 0.410 e. The minimum atomic E-state index is -0.606. The quantitative estimate of drug-likeness (QED) is 0.755. The second kappa shape index (κ2) is 6.99. The van der Waals surface area contributed by atoms with Crippen molar-refractivity contribution in [3.63, 3.8) is 0 Å². The van der Waals surface area contributed by atoms with Gasteiger partial charge in [0.2, 0.25) is 0 Å². The largest absolute Gasteiger partial charge is 0.444 e. The fourth-order valence-corrected chi connectivity index (χ4v) is 3.39. The number of carbonyl (C=O) groups is 1. The number of aromatic amines is 1. The van der Waals surface area contributed by atoms with Crippen molar-refractivity contribution in [1.82, 2.24) is 29.8 Å². The van der Waals surface area contributed by atoms with E-state index in [1.807, 2.05) is 27.7 Å². The van der Waals surface area contributed by atoms with E-state index in [2.05, 4.69) is 36.3 Å². The fraction of sp³-hybridized carbons (Fsp3) is 0.625. The van der Waals surface area contributed by atoms with Gasteiger partial charge in [-0.1, -0.05) is 6.92 Å². The summed E-state index contributed by atoms with van der Waals surface area (Å²) in [7, 11) is 0. The van der Waals surface area contributed by atoms with Crippen LogP contribution in [0.1, 0.15) is 45.0 Å². The number of nitrogens with zero attached hydrogens (tertiary/aromatic N) is 4. The summed E-state index contributed by atoms with van der Waals surface area (Å²) in [4.78, 5) is 36.1. The maximum absolute atomic E-state index is 13.1. The predicted molar refractivity (Wildman–Crippen MR) is 99.2 cm³/mol. The van der Waals surface area contributed by atoms with Gasteiger partial charge in [0.05, 0.1) is 17.3 Å². The average Bonchev–Trinajstić information content (AvgIpc) is 2.94. The molecule has 2 N–H and O–H groups in total. The number of nitrogens with one attached hydrogen (secondary N) is 2. The summed E-state index contributed by atoms with van der Waals surface area (Å²) in [5.41, 5.74) is 0.258. The molecule has 10 heteroatoms. The van der Waals surface area contributed by atoms with Crippen LogP contribution < -0.4 is 10.9 Å². The van der Waals surface area contributed by atoms with Crippen LogP contribution in [-0.4, -0.2) is 55.8 Å². The molecule has 1 atom stereocenters. The van der Waals surface area contributed by atoms with Gasteiger partial charge < -0.3 is 10.1 Å². The topological polar surface area (TPSA) is 105 Å². The number of hydrogen-bond acceptors (Lipinski definition) is 6. The van der Waals surface area contributed by atoms with Crippen LogP contribution in [0.2, 0.25) is 0 Å². The average molecular weight is 427 g/mol. The number of hydrogen-bond donors (Lipinski definition) is 2. The maximum Gasteiger partial charge on any atom is 0.410 e. The van der Waals surface area contributed by atoms with Gasteiger partial charge in [-0.25, -0.2) is 9.78 Å². The Hall–Kier alpha value is -1.94. The van der Waals surface area contributed by atoms with E-state index in [4.69, 9.17) is 4.74 Å². The Labute approximate surface area is 159 Å². The minimum absolute atomic E-state index is 0.257. The monoisotopic (exact) mass is 426 g/mol. The lowest BCUT2D eigenvalue weighted by molar-refractivity contribution is 0.0115. The number of piperazine rings is 1. The Morgan fingerprint density at radius 1 is 1.38 bits per heavy atom. The Morgan fingerprint density at radius 2 is 2.12 bits per heavy atom. The lowest BCUT2D eigenvalue weighted by Gasteiger charge is -2.37. The molecule has 2 aromatic rings. The number of carbonyl (C=O) groups excluding carboxylic acids is 1. The molecule has 142 valence electrons. The normalized spacial score (nSPS) is 18.3. The predicted octanol–water partition coefficient (Wildman–Crippen LogP) is 1.62. The number of aryl methyl sites for hydroxylation is 1. The summed E-state index contributed by atoms with van der Waals surface area (Å²) in [5, 5.41) is 6.08. The van der Waals surface area contributed by atoms with Crippen molar-refractivity contribution in [2.45, 2.75) is 45.8 Å². The Morgan fingerprint density at radius 3 is 2.77 bits per heavy atom. The molecule has 0 aliphatic carbocycles. The first-order chi connectivity index (χ1) is 12.2. The van der Waals surface area contributed by atoms with Crippen LogP contribution in [0.15, 0.2) is 9.53 Å². The molecular formula is C16H23BrN6O3. The third kappa shape index (κ3) is 3.61. The van der Waals surface area contributed by atoms with Gasteiger partial charge in [-0.2, -0.15) is 9.50 Å². The second-order valence-corrected chi connectivity index (χ2v) is 7.93. The molecular weight excluding hydrogens is 404 g/mol. The number of halogens is 1. The molecule has 0 saturated carbocycles. The SMILES string of the molecule is CCc1nc2nc(Br)[nH]n2c(=O)c1C1CNCCN1C(=O)OC(C)(C)C. The van der Waals surface area contributed by atoms with Crippen molar-refractivity contribution in [3.05, 3.63) is 26.3 Å². The molecule has 3 rings (SSSR count). The summed E-state index contributed by atoms with van der Waals surface area (Å²) < 4.78 is 7.25. The molecule has 1 aliphatic rings. The van der Waals surface area contributed by atoms with Crippen molar-refractivity contribution in [2.24, 2.45) is 0 Å². The molecule has 1 saturated heterocycles. The van der Waals surface area contributed by atoms with Crippen molar-refractivity contribution >= 4 is 27.8 Å². The molecule has 1 aliphatic heterocycles. The number of rotatable bonds is 2. The van der Waals surface area contributed by atoms with Crippen molar-refractivity contribution in [2.75, 3.05) is 19.6 Å². The van der Waals surface area contributed by atoms with Gasteiger partial charge in [-0.3, -0.25) is 14.8 Å². The lowest BCUT2D eigenvalue weighted by atomic mass is 10.0. The minimum Gasteiger partial charge on any atom is -0.444 e. The van der Waals surface area contributed by atoms with E-state index in [1.165, 1.54) is 4.52 Å². The molecule has 1 unspecified atom stereocenters. The van der Waals surface area contributed by atoms with Gasteiger partial charge in [0.15, 0.2) is 4.73 Å². The summed E-state index contributed by atoms with van der Waals surface area (Å²) in [6.45, 7) is 8.96. The Bertz CT molecular complexity index is 884. The molecule has 9 nitrogen and oxygen atoms in total. The standard InChI is InChI=1S/C16H23BrN6O3/c1-5-9-11(12(24)23-14(19-9)20-13(17)21-23)10-8-18-6-7-22(10)15(25)26-16(2,3)4/h10,18H,5-8H2,1-4H3,(H,19,20,21). The van der Waals surface area contributed by atoms with Crippen LogP contribution in [0.25, 0.3) is 5.78 Å². The third-order valence-corrected chi connectivity index (χ3v) is 4.48. The van der Waals surface area contributed by atoms with Crippen LogP contribution >= 0.6 is 15.9 Å². The van der Waals surface area contributed by atoms with E-state index in [9.17, 15) is 9.59 Å². The molecule has 0 spiro atoms. The molecule has 0 aromatic carbocycles. The Kier molecular flexibility index (Phi) is 5.07.